The Morgan fingerprint density at radius 1 is 0.750 bits per heavy atom. The standard InChI is InChI=1S/C21H31N7.4H3N.4H2/c22-15-17-8-7-9-18(14-17)16-23-19-24-20(27-10-3-1-4-11-27)26-21(25-19)28-12-5-2-6-13-28;;;;;;;;/h7-9,14H,1-6,10-13,15-16,22H2,(H,23,24,25,26);4*1H3;4*1H. The van der Waals surface area contributed by atoms with Gasteiger partial charge in [-0.3, -0.25) is 0 Å². The van der Waals surface area contributed by atoms with Gasteiger partial charge in [-0.2, -0.15) is 15.0 Å². The van der Waals surface area contributed by atoms with Crippen LogP contribution < -0.4 is 45.5 Å². The number of nitrogens with one attached hydrogen (secondary N) is 1. The molecule has 0 saturated carbocycles. The van der Waals surface area contributed by atoms with Gasteiger partial charge in [0.05, 0.1) is 0 Å². The number of hydrogen-bond acceptors (Lipinski definition) is 11. The van der Waals surface area contributed by atoms with E-state index < -0.39 is 0 Å². The highest BCUT2D eigenvalue weighted by Gasteiger charge is 2.20. The predicted molar refractivity (Wildman–Crippen MR) is 142 cm³/mol. The first-order valence-corrected chi connectivity index (χ1v) is 10.6. The van der Waals surface area contributed by atoms with E-state index in [1.807, 2.05) is 6.07 Å². The summed E-state index contributed by atoms with van der Waals surface area (Å²) in [6.45, 7) is 5.35. The average molecular weight is 458 g/mol. The van der Waals surface area contributed by atoms with E-state index in [9.17, 15) is 0 Å². The molecule has 11 heteroatoms. The highest BCUT2D eigenvalue weighted by atomic mass is 15.4. The molecule has 0 unspecified atom stereocenters. The number of hydrogen-bond donors (Lipinski definition) is 6. The van der Waals surface area contributed by atoms with E-state index >= 15 is 0 Å². The number of benzene rings is 1. The summed E-state index contributed by atoms with van der Waals surface area (Å²) in [6.07, 6.45) is 7.42. The van der Waals surface area contributed by atoms with Gasteiger partial charge in [-0.15, -0.1) is 0 Å². The highest BCUT2D eigenvalue weighted by Crippen LogP contribution is 2.22. The Bertz CT molecular complexity index is 756. The molecular formula is C21H51N11. The molecule has 11 nitrogen and oxygen atoms in total. The van der Waals surface area contributed by atoms with Crippen molar-refractivity contribution in [1.29, 1.82) is 0 Å². The molecule has 15 N–H and O–H groups in total. The minimum Gasteiger partial charge on any atom is -0.350 e. The molecule has 1 aromatic carbocycles. The van der Waals surface area contributed by atoms with Crippen LogP contribution in [-0.2, 0) is 13.1 Å². The monoisotopic (exact) mass is 457 g/mol. The molecule has 32 heavy (non-hydrogen) atoms. The Balaban J connectivity index is -0.000000400. The van der Waals surface area contributed by atoms with E-state index in [0.717, 1.165) is 43.6 Å². The van der Waals surface area contributed by atoms with Gasteiger partial charge in [-0.05, 0) is 49.7 Å². The van der Waals surface area contributed by atoms with E-state index in [0.29, 0.717) is 19.0 Å². The zero-order valence-electron chi connectivity index (χ0n) is 19.4. The van der Waals surface area contributed by atoms with Crippen molar-refractivity contribution < 1.29 is 5.71 Å². The van der Waals surface area contributed by atoms with E-state index in [4.69, 9.17) is 20.7 Å². The van der Waals surface area contributed by atoms with Crippen LogP contribution in [-0.4, -0.2) is 41.1 Å². The lowest BCUT2D eigenvalue weighted by Gasteiger charge is -2.30. The molecule has 0 radical (unpaired) electrons. The molecule has 190 valence electrons. The summed E-state index contributed by atoms with van der Waals surface area (Å²) < 4.78 is 0. The molecule has 2 aliphatic heterocycles. The lowest BCUT2D eigenvalue weighted by atomic mass is 10.1. The first-order valence-electron chi connectivity index (χ1n) is 10.6. The van der Waals surface area contributed by atoms with Gasteiger partial charge in [-0.25, -0.2) is 0 Å². The SMILES string of the molecule is N.N.N.N.NCc1cccc(CNc2nc(N3CCCCC3)nc(N3CCCCC3)n2)c1.[HH].[HH].[HH].[HH]. The summed E-state index contributed by atoms with van der Waals surface area (Å²) in [4.78, 5) is 18.9. The molecular weight excluding hydrogens is 406 g/mol. The molecule has 0 spiro atoms. The maximum atomic E-state index is 5.77. The Morgan fingerprint density at radius 2 is 1.25 bits per heavy atom. The first-order chi connectivity index (χ1) is 13.8. The van der Waals surface area contributed by atoms with Gasteiger partial charge in [0.2, 0.25) is 17.8 Å². The molecule has 0 aliphatic carbocycles. The molecule has 0 bridgehead atoms. The van der Waals surface area contributed by atoms with Crippen molar-refractivity contribution in [2.75, 3.05) is 41.3 Å². The minimum absolute atomic E-state index is 0. The smallest absolute Gasteiger partial charge is 0.231 e. The predicted octanol–water partition coefficient (Wildman–Crippen LogP) is 4.56. The van der Waals surface area contributed by atoms with Crippen molar-refractivity contribution in [3.8, 4) is 0 Å². The third kappa shape index (κ3) is 7.53. The van der Waals surface area contributed by atoms with Crippen LogP contribution in [0.3, 0.4) is 0 Å². The number of nitrogens with zero attached hydrogens (tertiary/aromatic N) is 5. The van der Waals surface area contributed by atoms with Crippen molar-refractivity contribution in [2.24, 2.45) is 5.73 Å². The van der Waals surface area contributed by atoms with Crippen molar-refractivity contribution in [1.82, 2.24) is 39.6 Å². The molecule has 3 heterocycles. The summed E-state index contributed by atoms with van der Waals surface area (Å²) in [5.74, 6) is 2.29. The van der Waals surface area contributed by atoms with Crippen LogP contribution in [0.5, 0.6) is 0 Å². The molecule has 2 fully saturated rings. The fourth-order valence-electron chi connectivity index (χ4n) is 3.95. The second kappa shape index (κ2) is 14.5. The summed E-state index contributed by atoms with van der Waals surface area (Å²) in [7, 11) is 0. The number of aromatic nitrogens is 3. The molecule has 2 saturated heterocycles. The van der Waals surface area contributed by atoms with Gasteiger partial charge >= 0.3 is 0 Å². The largest absolute Gasteiger partial charge is 0.350 e. The van der Waals surface area contributed by atoms with Crippen molar-refractivity contribution in [3.05, 3.63) is 35.4 Å². The maximum Gasteiger partial charge on any atom is 0.231 e. The van der Waals surface area contributed by atoms with Crippen LogP contribution in [0, 0.1) is 0 Å². The number of piperidine rings is 2. The third-order valence-electron chi connectivity index (χ3n) is 5.57. The molecule has 0 atom stereocenters. The summed E-state index contributed by atoms with van der Waals surface area (Å²) >= 11 is 0. The van der Waals surface area contributed by atoms with Crippen LogP contribution in [0.1, 0.15) is 55.4 Å². The third-order valence-corrected chi connectivity index (χ3v) is 5.57. The topological polar surface area (TPSA) is 223 Å². The van der Waals surface area contributed by atoms with Crippen LogP contribution in [0.15, 0.2) is 24.3 Å². The second-order valence-corrected chi connectivity index (χ2v) is 7.73. The van der Waals surface area contributed by atoms with Gasteiger partial charge < -0.3 is 45.5 Å². The fraction of sp³-hybridized carbons (Fsp3) is 0.571. The molecule has 0 amide bonds. The van der Waals surface area contributed by atoms with Gasteiger partial charge in [0.15, 0.2) is 0 Å². The number of rotatable bonds is 6. The van der Waals surface area contributed by atoms with Gasteiger partial charge in [0.25, 0.3) is 0 Å². The quantitative estimate of drug-likeness (QED) is 0.352. The van der Waals surface area contributed by atoms with Crippen LogP contribution in [0.4, 0.5) is 17.8 Å². The van der Waals surface area contributed by atoms with Crippen LogP contribution in [0.2, 0.25) is 0 Å². The van der Waals surface area contributed by atoms with Gasteiger partial charge in [0.1, 0.15) is 0 Å². The van der Waals surface area contributed by atoms with Crippen molar-refractivity contribution in [3.63, 3.8) is 0 Å². The summed E-state index contributed by atoms with van der Waals surface area (Å²) in [5, 5.41) is 3.41. The molecule has 2 aromatic rings. The molecule has 4 rings (SSSR count). The summed E-state index contributed by atoms with van der Waals surface area (Å²) in [6, 6.07) is 8.33. The molecule has 2 aliphatic rings. The zero-order chi connectivity index (χ0) is 19.2. The lowest BCUT2D eigenvalue weighted by Crippen LogP contribution is -2.34. The van der Waals surface area contributed by atoms with Crippen LogP contribution in [0.25, 0.3) is 0 Å². The average Bonchev–Trinajstić information content (AvgIpc) is 2.79. The van der Waals surface area contributed by atoms with E-state index in [2.05, 4.69) is 33.3 Å². The Hall–Kier alpha value is -2.57. The summed E-state index contributed by atoms with van der Waals surface area (Å²) in [5.41, 5.74) is 8.09. The van der Waals surface area contributed by atoms with Gasteiger partial charge in [0, 0.05) is 45.0 Å². The van der Waals surface area contributed by atoms with Gasteiger partial charge in [-0.1, -0.05) is 24.3 Å². The normalized spacial score (nSPS) is 15.4. The number of anilines is 3. The van der Waals surface area contributed by atoms with Crippen molar-refractivity contribution >= 4 is 17.8 Å². The maximum absolute atomic E-state index is 5.77. The Labute approximate surface area is 197 Å². The Morgan fingerprint density at radius 3 is 1.75 bits per heavy atom. The first kappa shape index (κ1) is 29.4. The number of nitrogens with two attached hydrogens (primary N) is 1. The van der Waals surface area contributed by atoms with Crippen LogP contribution >= 0.6 is 0 Å². The van der Waals surface area contributed by atoms with E-state index in [1.54, 1.807) is 0 Å². The van der Waals surface area contributed by atoms with Crippen molar-refractivity contribution in [2.45, 2.75) is 51.6 Å². The highest BCUT2D eigenvalue weighted by molar-refractivity contribution is 5.46. The second-order valence-electron chi connectivity index (χ2n) is 7.73. The van der Waals surface area contributed by atoms with E-state index in [1.165, 1.54) is 44.1 Å². The fourth-order valence-corrected chi connectivity index (χ4v) is 3.95. The minimum atomic E-state index is 0. The molecule has 1 aromatic heterocycles. The van der Waals surface area contributed by atoms with E-state index in [-0.39, 0.29) is 30.3 Å². The Kier molecular flexibility index (Phi) is 13.3. The lowest BCUT2D eigenvalue weighted by molar-refractivity contribution is 0.556. The zero-order valence-corrected chi connectivity index (χ0v) is 19.4.